The second-order valence-corrected chi connectivity index (χ2v) is 6.44. The van der Waals surface area contributed by atoms with Crippen molar-refractivity contribution in [2.24, 2.45) is 5.10 Å². The van der Waals surface area contributed by atoms with E-state index in [-0.39, 0.29) is 0 Å². The molecule has 0 spiro atoms. The molecule has 0 aromatic heterocycles. The van der Waals surface area contributed by atoms with Crippen molar-refractivity contribution in [2.45, 2.75) is 6.92 Å². The maximum atomic E-state index is 12.3. The van der Waals surface area contributed by atoms with Gasteiger partial charge in [0.05, 0.1) is 11.8 Å². The van der Waals surface area contributed by atoms with Crippen molar-refractivity contribution in [3.63, 3.8) is 0 Å². The number of hydrogen-bond donors (Lipinski definition) is 1. The summed E-state index contributed by atoms with van der Waals surface area (Å²) in [5.41, 5.74) is 4.87. The summed E-state index contributed by atoms with van der Waals surface area (Å²) in [4.78, 5) is 24.4. The summed E-state index contributed by atoms with van der Waals surface area (Å²) in [6, 6.07) is 20.6. The number of halogens is 1. The highest BCUT2D eigenvalue weighted by Gasteiger charge is 2.11. The normalized spacial score (nSPS) is 10.6. The van der Waals surface area contributed by atoms with Gasteiger partial charge in [-0.05, 0) is 49.4 Å². The van der Waals surface area contributed by atoms with Crippen LogP contribution in [-0.4, -0.2) is 18.1 Å². The Labute approximate surface area is 167 Å². The van der Waals surface area contributed by atoms with Gasteiger partial charge < -0.3 is 4.74 Å². The molecule has 0 fully saturated rings. The number of esters is 1. The smallest absolute Gasteiger partial charge is 0.343 e. The van der Waals surface area contributed by atoms with Crippen LogP contribution >= 0.6 is 11.6 Å². The van der Waals surface area contributed by atoms with Crippen LogP contribution in [0.15, 0.2) is 77.9 Å². The molecular weight excluding hydrogens is 376 g/mol. The Morgan fingerprint density at radius 3 is 2.46 bits per heavy atom. The molecular formula is C22H17ClN2O3. The van der Waals surface area contributed by atoms with E-state index in [4.69, 9.17) is 16.3 Å². The Hall–Kier alpha value is -3.44. The van der Waals surface area contributed by atoms with E-state index in [1.807, 2.05) is 19.1 Å². The Bertz CT molecular complexity index is 1030. The van der Waals surface area contributed by atoms with Gasteiger partial charge in [0.2, 0.25) is 0 Å². The van der Waals surface area contributed by atoms with E-state index in [1.54, 1.807) is 60.7 Å². The number of amides is 1. The minimum Gasteiger partial charge on any atom is -0.422 e. The van der Waals surface area contributed by atoms with Crippen molar-refractivity contribution >= 4 is 29.7 Å². The van der Waals surface area contributed by atoms with Crippen LogP contribution in [0.5, 0.6) is 5.75 Å². The highest BCUT2D eigenvalue weighted by Crippen LogP contribution is 2.18. The highest BCUT2D eigenvalue weighted by atomic mass is 35.5. The number of rotatable bonds is 5. The molecule has 3 rings (SSSR count). The van der Waals surface area contributed by atoms with Crippen LogP contribution in [0.3, 0.4) is 0 Å². The third-order valence-corrected chi connectivity index (χ3v) is 4.10. The molecule has 0 atom stereocenters. The SMILES string of the molecule is Cc1ccc(C(=O)Oc2ccccc2/C=N\NC(=O)c2cccc(Cl)c2)cc1. The van der Waals surface area contributed by atoms with Crippen molar-refractivity contribution in [1.29, 1.82) is 0 Å². The third kappa shape index (κ3) is 5.05. The zero-order valence-corrected chi connectivity index (χ0v) is 15.8. The lowest BCUT2D eigenvalue weighted by atomic mass is 10.1. The fourth-order valence-corrected chi connectivity index (χ4v) is 2.57. The van der Waals surface area contributed by atoms with Crippen molar-refractivity contribution in [1.82, 2.24) is 5.43 Å². The first-order chi connectivity index (χ1) is 13.5. The summed E-state index contributed by atoms with van der Waals surface area (Å²) < 4.78 is 5.47. The zero-order chi connectivity index (χ0) is 19.9. The first-order valence-corrected chi connectivity index (χ1v) is 8.87. The standard InChI is InChI=1S/C22H17ClN2O3/c1-15-9-11-16(12-10-15)22(27)28-20-8-3-2-5-18(20)14-24-25-21(26)17-6-4-7-19(23)13-17/h2-14H,1H3,(H,25,26)/b24-14-. The Kier molecular flexibility index (Phi) is 6.19. The minimum absolute atomic E-state index is 0.342. The molecule has 5 nitrogen and oxygen atoms in total. The predicted molar refractivity (Wildman–Crippen MR) is 109 cm³/mol. The van der Waals surface area contributed by atoms with Crippen LogP contribution in [0.2, 0.25) is 5.02 Å². The first-order valence-electron chi connectivity index (χ1n) is 8.50. The number of carbonyl (C=O) groups excluding carboxylic acids is 2. The van der Waals surface area contributed by atoms with Gasteiger partial charge in [-0.1, -0.05) is 47.5 Å². The van der Waals surface area contributed by atoms with E-state index in [0.717, 1.165) is 5.56 Å². The highest BCUT2D eigenvalue weighted by molar-refractivity contribution is 6.30. The zero-order valence-electron chi connectivity index (χ0n) is 15.1. The van der Waals surface area contributed by atoms with Crippen molar-refractivity contribution in [2.75, 3.05) is 0 Å². The molecule has 0 aliphatic carbocycles. The summed E-state index contributed by atoms with van der Waals surface area (Å²) in [6.45, 7) is 1.94. The Balaban J connectivity index is 1.69. The predicted octanol–water partition coefficient (Wildman–Crippen LogP) is 4.63. The van der Waals surface area contributed by atoms with Crippen LogP contribution in [0.4, 0.5) is 0 Å². The molecule has 0 aliphatic heterocycles. The van der Waals surface area contributed by atoms with Crippen LogP contribution in [-0.2, 0) is 0 Å². The fourth-order valence-electron chi connectivity index (χ4n) is 2.38. The number of nitrogens with zero attached hydrogens (tertiary/aromatic N) is 1. The maximum absolute atomic E-state index is 12.3. The lowest BCUT2D eigenvalue weighted by Crippen LogP contribution is -2.17. The average molecular weight is 393 g/mol. The number of ether oxygens (including phenoxy) is 1. The fraction of sp³-hybridized carbons (Fsp3) is 0.0455. The van der Waals surface area contributed by atoms with Crippen molar-refractivity contribution in [3.8, 4) is 5.75 Å². The van der Waals surface area contributed by atoms with Gasteiger partial charge in [-0.25, -0.2) is 10.2 Å². The molecule has 3 aromatic rings. The van der Waals surface area contributed by atoms with E-state index in [1.165, 1.54) is 6.21 Å². The quantitative estimate of drug-likeness (QED) is 0.298. The van der Waals surface area contributed by atoms with Gasteiger partial charge in [0, 0.05) is 16.1 Å². The second-order valence-electron chi connectivity index (χ2n) is 6.00. The average Bonchev–Trinajstić information content (AvgIpc) is 2.69. The number of benzene rings is 3. The van der Waals surface area contributed by atoms with Gasteiger partial charge in [0.25, 0.3) is 5.91 Å². The molecule has 0 bridgehead atoms. The van der Waals surface area contributed by atoms with Gasteiger partial charge in [-0.3, -0.25) is 4.79 Å². The molecule has 0 heterocycles. The van der Waals surface area contributed by atoms with E-state index in [2.05, 4.69) is 10.5 Å². The second kappa shape index (κ2) is 8.97. The summed E-state index contributed by atoms with van der Waals surface area (Å²) in [5, 5.41) is 4.40. The van der Waals surface area contributed by atoms with Crippen LogP contribution < -0.4 is 10.2 Å². The lowest BCUT2D eigenvalue weighted by Gasteiger charge is -2.07. The third-order valence-electron chi connectivity index (χ3n) is 3.87. The Morgan fingerprint density at radius 1 is 0.964 bits per heavy atom. The van der Waals surface area contributed by atoms with E-state index in [0.29, 0.717) is 27.5 Å². The van der Waals surface area contributed by atoms with Gasteiger partial charge in [-0.2, -0.15) is 5.10 Å². The molecule has 0 radical (unpaired) electrons. The molecule has 28 heavy (non-hydrogen) atoms. The molecule has 0 aliphatic rings. The van der Waals surface area contributed by atoms with Crippen molar-refractivity contribution in [3.05, 3.63) is 100 Å². The molecule has 3 aromatic carbocycles. The monoisotopic (exact) mass is 392 g/mol. The maximum Gasteiger partial charge on any atom is 0.343 e. The number of hydrogen-bond acceptors (Lipinski definition) is 4. The van der Waals surface area contributed by atoms with Crippen LogP contribution in [0, 0.1) is 6.92 Å². The first kappa shape index (κ1) is 19.3. The number of para-hydroxylation sites is 1. The molecule has 0 unspecified atom stereocenters. The van der Waals surface area contributed by atoms with Gasteiger partial charge >= 0.3 is 5.97 Å². The van der Waals surface area contributed by atoms with Gasteiger partial charge in [-0.15, -0.1) is 0 Å². The minimum atomic E-state index is -0.469. The molecule has 1 N–H and O–H groups in total. The van der Waals surface area contributed by atoms with Crippen LogP contribution in [0.1, 0.15) is 31.8 Å². The molecule has 0 saturated carbocycles. The van der Waals surface area contributed by atoms with Gasteiger partial charge in [0.1, 0.15) is 5.75 Å². The summed E-state index contributed by atoms with van der Waals surface area (Å²) >= 11 is 5.88. The number of nitrogens with one attached hydrogen (secondary N) is 1. The van der Waals surface area contributed by atoms with Crippen LogP contribution in [0.25, 0.3) is 0 Å². The molecule has 140 valence electrons. The summed E-state index contributed by atoms with van der Waals surface area (Å²) in [6.07, 6.45) is 1.42. The van der Waals surface area contributed by atoms with Gasteiger partial charge in [0.15, 0.2) is 0 Å². The van der Waals surface area contributed by atoms with E-state index >= 15 is 0 Å². The summed E-state index contributed by atoms with van der Waals surface area (Å²) in [7, 11) is 0. The van der Waals surface area contributed by atoms with Crippen molar-refractivity contribution < 1.29 is 14.3 Å². The number of hydrazone groups is 1. The van der Waals surface area contributed by atoms with E-state index < -0.39 is 11.9 Å². The molecule has 6 heteroatoms. The Morgan fingerprint density at radius 2 is 1.71 bits per heavy atom. The number of carbonyl (C=O) groups is 2. The van der Waals surface area contributed by atoms with E-state index in [9.17, 15) is 9.59 Å². The molecule has 1 amide bonds. The number of aryl methyl sites for hydroxylation is 1. The lowest BCUT2D eigenvalue weighted by molar-refractivity contribution is 0.0734. The largest absolute Gasteiger partial charge is 0.422 e. The summed E-state index contributed by atoms with van der Waals surface area (Å²) in [5.74, 6) is -0.523. The topological polar surface area (TPSA) is 67.8 Å². The molecule has 0 saturated heterocycles.